The molecule has 9 heteroatoms. The van der Waals surface area contributed by atoms with Gasteiger partial charge in [0.2, 0.25) is 0 Å². The second-order valence-corrected chi connectivity index (χ2v) is 10.2. The average Bonchev–Trinajstić information content (AvgIpc) is 2.73. The van der Waals surface area contributed by atoms with E-state index in [1.807, 2.05) is 0 Å². The second kappa shape index (κ2) is 9.90. The number of carbonyl (C=O) groups excluding carboxylic acids is 1. The van der Waals surface area contributed by atoms with E-state index in [0.717, 1.165) is 24.3 Å². The Bertz CT molecular complexity index is 910. The van der Waals surface area contributed by atoms with Crippen LogP contribution < -0.4 is 0 Å². The molecular formula is C22H20F6OS2. The van der Waals surface area contributed by atoms with Gasteiger partial charge in [-0.1, -0.05) is 24.3 Å². The molecule has 0 radical (unpaired) electrons. The van der Waals surface area contributed by atoms with Crippen molar-refractivity contribution >= 4 is 29.8 Å². The van der Waals surface area contributed by atoms with Crippen molar-refractivity contribution < 1.29 is 31.1 Å². The van der Waals surface area contributed by atoms with E-state index in [0.29, 0.717) is 24.7 Å². The zero-order valence-corrected chi connectivity index (χ0v) is 17.9. The molecule has 1 nitrogen and oxygen atoms in total. The molecular weight excluding hydrogens is 458 g/mol. The Morgan fingerprint density at radius 3 is 2.45 bits per heavy atom. The molecule has 0 spiro atoms. The first-order valence-corrected chi connectivity index (χ1v) is 11.7. The Morgan fingerprint density at radius 1 is 1.00 bits per heavy atom. The van der Waals surface area contributed by atoms with E-state index in [9.17, 15) is 31.1 Å². The van der Waals surface area contributed by atoms with Crippen molar-refractivity contribution in [3.8, 4) is 0 Å². The number of hydrogen-bond acceptors (Lipinski definition) is 3. The lowest BCUT2D eigenvalue weighted by Gasteiger charge is -2.29. The standard InChI is InChI=1S/C22H20F6OS2/c23-21(24,25)17-5-1-4-16(12-17)20-30-10-9-18(31-20)6-2-3-15-8-7-14(13-29)11-19(15)22(26,27)28/h1,4-5,7-8,11-13,18,20H,2-3,6,9-10H2. The zero-order chi connectivity index (χ0) is 22.6. The van der Waals surface area contributed by atoms with Crippen molar-refractivity contribution in [2.45, 2.75) is 47.9 Å². The molecule has 0 N–H and O–H groups in total. The van der Waals surface area contributed by atoms with E-state index in [2.05, 4.69) is 0 Å². The van der Waals surface area contributed by atoms with Crippen LogP contribution in [0.25, 0.3) is 0 Å². The minimum atomic E-state index is -4.53. The van der Waals surface area contributed by atoms with Crippen LogP contribution in [0.5, 0.6) is 0 Å². The molecule has 1 fully saturated rings. The van der Waals surface area contributed by atoms with Crippen molar-refractivity contribution in [3.63, 3.8) is 0 Å². The zero-order valence-electron chi connectivity index (χ0n) is 16.3. The van der Waals surface area contributed by atoms with Gasteiger partial charge in [-0.25, -0.2) is 0 Å². The van der Waals surface area contributed by atoms with Crippen molar-refractivity contribution in [2.75, 3.05) is 5.75 Å². The maximum atomic E-state index is 13.3. The molecule has 1 aliphatic heterocycles. The number of halogens is 6. The van der Waals surface area contributed by atoms with Crippen molar-refractivity contribution in [1.82, 2.24) is 0 Å². The lowest BCUT2D eigenvalue weighted by Crippen LogP contribution is -2.14. The van der Waals surface area contributed by atoms with Gasteiger partial charge in [0.1, 0.15) is 6.29 Å². The molecule has 168 valence electrons. The predicted molar refractivity (Wildman–Crippen MR) is 112 cm³/mol. The average molecular weight is 479 g/mol. The van der Waals surface area contributed by atoms with Gasteiger partial charge < -0.3 is 0 Å². The van der Waals surface area contributed by atoms with Crippen molar-refractivity contribution in [2.24, 2.45) is 0 Å². The minimum absolute atomic E-state index is 0.0140. The fourth-order valence-electron chi connectivity index (χ4n) is 3.51. The van der Waals surface area contributed by atoms with Gasteiger partial charge in [0, 0.05) is 10.8 Å². The molecule has 0 aliphatic carbocycles. The van der Waals surface area contributed by atoms with Crippen LogP contribution in [-0.2, 0) is 18.8 Å². The highest BCUT2D eigenvalue weighted by molar-refractivity contribution is 8.17. The molecule has 0 bridgehead atoms. The van der Waals surface area contributed by atoms with Gasteiger partial charge >= 0.3 is 12.4 Å². The fraction of sp³-hybridized carbons (Fsp3) is 0.409. The highest BCUT2D eigenvalue weighted by Gasteiger charge is 2.34. The number of rotatable bonds is 6. The Labute approximate surface area is 185 Å². The summed E-state index contributed by atoms with van der Waals surface area (Å²) < 4.78 is 78.7. The maximum Gasteiger partial charge on any atom is 0.416 e. The van der Waals surface area contributed by atoms with Crippen LogP contribution in [0.15, 0.2) is 42.5 Å². The summed E-state index contributed by atoms with van der Waals surface area (Å²) in [7, 11) is 0. The van der Waals surface area contributed by atoms with Gasteiger partial charge in [0.05, 0.1) is 15.7 Å². The van der Waals surface area contributed by atoms with E-state index in [-0.39, 0.29) is 27.4 Å². The third kappa shape index (κ3) is 6.44. The molecule has 31 heavy (non-hydrogen) atoms. The smallest absolute Gasteiger partial charge is 0.298 e. The largest absolute Gasteiger partial charge is 0.416 e. The molecule has 2 aromatic rings. The van der Waals surface area contributed by atoms with Gasteiger partial charge in [-0.3, -0.25) is 4.79 Å². The Morgan fingerprint density at radius 2 is 1.77 bits per heavy atom. The molecule has 0 amide bonds. The summed E-state index contributed by atoms with van der Waals surface area (Å²) >= 11 is 3.17. The Kier molecular flexibility index (Phi) is 7.68. The van der Waals surface area contributed by atoms with Gasteiger partial charge in [-0.05, 0) is 60.8 Å². The fourth-order valence-corrected chi connectivity index (χ4v) is 6.91. The summed E-state index contributed by atoms with van der Waals surface area (Å²) in [5.74, 6) is 0.792. The van der Waals surface area contributed by atoms with E-state index < -0.39 is 23.5 Å². The third-order valence-electron chi connectivity index (χ3n) is 5.06. The monoisotopic (exact) mass is 478 g/mol. The summed E-state index contributed by atoms with van der Waals surface area (Å²) in [6.45, 7) is 0. The number of alkyl halides is 6. The van der Waals surface area contributed by atoms with Crippen molar-refractivity contribution in [1.29, 1.82) is 0 Å². The van der Waals surface area contributed by atoms with Gasteiger partial charge in [0.15, 0.2) is 0 Å². The van der Waals surface area contributed by atoms with Crippen LogP contribution in [0.3, 0.4) is 0 Å². The molecule has 1 saturated heterocycles. The predicted octanol–water partition coefficient (Wildman–Crippen LogP) is 7.80. The quantitative estimate of drug-likeness (QED) is 0.312. The first-order chi connectivity index (χ1) is 14.6. The van der Waals surface area contributed by atoms with Crippen LogP contribution in [0.1, 0.15) is 56.5 Å². The number of benzene rings is 2. The molecule has 1 aliphatic rings. The second-order valence-electron chi connectivity index (χ2n) is 7.30. The molecule has 0 saturated carbocycles. The molecule has 1 heterocycles. The number of aldehydes is 1. The first-order valence-electron chi connectivity index (χ1n) is 9.67. The SMILES string of the molecule is O=Cc1ccc(CCCC2CCSC(c3cccc(C(F)(F)F)c3)S2)c(C(F)(F)F)c1. The van der Waals surface area contributed by atoms with Gasteiger partial charge in [0.25, 0.3) is 0 Å². The van der Waals surface area contributed by atoms with E-state index in [1.54, 1.807) is 29.6 Å². The summed E-state index contributed by atoms with van der Waals surface area (Å²) in [6, 6.07) is 8.93. The normalized spacial score (nSPS) is 19.9. The van der Waals surface area contributed by atoms with E-state index in [4.69, 9.17) is 0 Å². The van der Waals surface area contributed by atoms with Crippen molar-refractivity contribution in [3.05, 3.63) is 70.3 Å². The van der Waals surface area contributed by atoms with Crippen LogP contribution in [0, 0.1) is 0 Å². The van der Waals surface area contributed by atoms with Crippen LogP contribution >= 0.6 is 23.5 Å². The highest BCUT2D eigenvalue weighted by atomic mass is 32.2. The van der Waals surface area contributed by atoms with Crippen LogP contribution in [-0.4, -0.2) is 17.3 Å². The van der Waals surface area contributed by atoms with Crippen LogP contribution in [0.2, 0.25) is 0 Å². The molecule has 0 aromatic heterocycles. The summed E-state index contributed by atoms with van der Waals surface area (Å²) in [4.78, 5) is 10.8. The summed E-state index contributed by atoms with van der Waals surface area (Å²) in [5.41, 5.74) is -0.710. The molecule has 3 rings (SSSR count). The first kappa shape index (κ1) is 24.0. The van der Waals surface area contributed by atoms with E-state index >= 15 is 0 Å². The summed E-state index contributed by atoms with van der Waals surface area (Å²) in [5, 5.41) is 0.171. The number of aryl methyl sites for hydroxylation is 1. The topological polar surface area (TPSA) is 17.1 Å². The lowest BCUT2D eigenvalue weighted by atomic mass is 9.98. The third-order valence-corrected chi connectivity index (χ3v) is 8.22. The number of hydrogen-bond donors (Lipinski definition) is 0. The number of thioether (sulfide) groups is 2. The Hall–Kier alpha value is -1.61. The molecule has 2 aromatic carbocycles. The Balaban J connectivity index is 1.62. The molecule has 2 atom stereocenters. The van der Waals surface area contributed by atoms with Gasteiger partial charge in [-0.2, -0.15) is 26.3 Å². The molecule has 2 unspecified atom stereocenters. The maximum absolute atomic E-state index is 13.3. The number of carbonyl (C=O) groups is 1. The highest BCUT2D eigenvalue weighted by Crippen LogP contribution is 2.49. The van der Waals surface area contributed by atoms with Crippen LogP contribution in [0.4, 0.5) is 26.3 Å². The lowest BCUT2D eigenvalue weighted by molar-refractivity contribution is -0.138. The minimum Gasteiger partial charge on any atom is -0.298 e. The van der Waals surface area contributed by atoms with Gasteiger partial charge in [-0.15, -0.1) is 23.5 Å². The van der Waals surface area contributed by atoms with E-state index in [1.165, 1.54) is 24.3 Å². The summed E-state index contributed by atoms with van der Waals surface area (Å²) in [6.07, 6.45) is -6.24.